The Balaban J connectivity index is 0.000000640. The normalized spacial score (nSPS) is 8.22. The third kappa shape index (κ3) is 2.16. The van der Waals surface area contributed by atoms with Gasteiger partial charge in [-0.2, -0.15) is 5.10 Å². The quantitative estimate of drug-likeness (QED) is 0.586. The molecule has 0 saturated carbocycles. The topological polar surface area (TPSA) is 25.8 Å². The number of aromatic nitrogens is 2. The van der Waals surface area contributed by atoms with Gasteiger partial charge in [-0.05, 0) is 18.6 Å². The van der Waals surface area contributed by atoms with E-state index < -0.39 is 0 Å². The molecule has 0 spiro atoms. The van der Waals surface area contributed by atoms with Crippen molar-refractivity contribution >= 4 is 24.0 Å². The van der Waals surface area contributed by atoms with Crippen LogP contribution >= 0.6 is 24.0 Å². The number of hydrogen-bond acceptors (Lipinski definition) is 2. The second kappa shape index (κ2) is 3.64. The molecule has 4 heteroatoms. The van der Waals surface area contributed by atoms with Crippen LogP contribution in [0.1, 0.15) is 5.56 Å². The molecule has 0 amide bonds. The molecule has 9 heavy (non-hydrogen) atoms. The molecular formula is C5H6Cl2N2. The molecule has 0 bridgehead atoms. The summed E-state index contributed by atoms with van der Waals surface area (Å²) in [6.45, 7) is 1.89. The van der Waals surface area contributed by atoms with Crippen LogP contribution in [-0.2, 0) is 0 Å². The summed E-state index contributed by atoms with van der Waals surface area (Å²) < 4.78 is 0. The molecule has 0 aliphatic rings. The van der Waals surface area contributed by atoms with Crippen molar-refractivity contribution in [2.45, 2.75) is 6.92 Å². The molecule has 1 aromatic rings. The number of rotatable bonds is 0. The maximum absolute atomic E-state index is 5.54. The summed E-state index contributed by atoms with van der Waals surface area (Å²) in [5.74, 6) is 0. The van der Waals surface area contributed by atoms with Gasteiger partial charge in [-0.15, -0.1) is 17.5 Å². The Morgan fingerprint density at radius 1 is 1.56 bits per heavy atom. The van der Waals surface area contributed by atoms with E-state index in [-0.39, 0.29) is 12.4 Å². The maximum Gasteiger partial charge on any atom is 0.154 e. The third-order valence-corrected chi connectivity index (χ3v) is 1.24. The Labute approximate surface area is 64.7 Å². The van der Waals surface area contributed by atoms with E-state index in [0.717, 1.165) is 5.56 Å². The maximum atomic E-state index is 5.54. The monoisotopic (exact) mass is 164 g/mol. The zero-order valence-corrected chi connectivity index (χ0v) is 6.41. The molecular weight excluding hydrogens is 159 g/mol. The van der Waals surface area contributed by atoms with Crippen molar-refractivity contribution in [2.24, 2.45) is 0 Å². The molecule has 0 fully saturated rings. The van der Waals surface area contributed by atoms with Gasteiger partial charge in [-0.1, -0.05) is 11.6 Å². The Hall–Kier alpha value is -0.340. The first-order chi connectivity index (χ1) is 3.80. The van der Waals surface area contributed by atoms with E-state index in [4.69, 9.17) is 11.6 Å². The summed E-state index contributed by atoms with van der Waals surface area (Å²) >= 11 is 5.54. The van der Waals surface area contributed by atoms with Gasteiger partial charge in [0.05, 0.1) is 0 Å². The van der Waals surface area contributed by atoms with Crippen molar-refractivity contribution < 1.29 is 0 Å². The van der Waals surface area contributed by atoms with Gasteiger partial charge in [0.2, 0.25) is 0 Å². The van der Waals surface area contributed by atoms with Crippen LogP contribution in [0.2, 0.25) is 5.15 Å². The third-order valence-electron chi connectivity index (χ3n) is 0.862. The smallest absolute Gasteiger partial charge is 0.154 e. The fraction of sp³-hybridized carbons (Fsp3) is 0.200. The second-order valence-corrected chi connectivity index (χ2v) is 1.86. The first-order valence-corrected chi connectivity index (χ1v) is 2.62. The molecule has 1 rings (SSSR count). The largest absolute Gasteiger partial charge is 0.158 e. The molecule has 0 unspecified atom stereocenters. The van der Waals surface area contributed by atoms with Crippen LogP contribution in [0, 0.1) is 6.92 Å². The lowest BCUT2D eigenvalue weighted by molar-refractivity contribution is 1.02. The number of halogens is 2. The standard InChI is InChI=1S/C5H5ClN2.ClH/c1-4-2-3-7-8-5(4)6;/h2-3H,1H3;1H. The van der Waals surface area contributed by atoms with Crippen LogP contribution in [0.3, 0.4) is 0 Å². The highest BCUT2D eigenvalue weighted by atomic mass is 35.5. The highest BCUT2D eigenvalue weighted by molar-refractivity contribution is 6.30. The SMILES string of the molecule is Cc1ccnnc1Cl.Cl. The average Bonchev–Trinajstić information content (AvgIpc) is 1.77. The fourth-order valence-corrected chi connectivity index (χ4v) is 0.483. The zero-order chi connectivity index (χ0) is 5.98. The van der Waals surface area contributed by atoms with Crippen LogP contribution in [0.4, 0.5) is 0 Å². The van der Waals surface area contributed by atoms with Crippen LogP contribution in [0.15, 0.2) is 12.3 Å². The van der Waals surface area contributed by atoms with Gasteiger partial charge >= 0.3 is 0 Å². The second-order valence-electron chi connectivity index (χ2n) is 1.51. The Kier molecular flexibility index (Phi) is 3.50. The van der Waals surface area contributed by atoms with Gasteiger partial charge in [-0.3, -0.25) is 0 Å². The highest BCUT2D eigenvalue weighted by Crippen LogP contribution is 2.06. The molecule has 0 radical (unpaired) electrons. The van der Waals surface area contributed by atoms with Gasteiger partial charge < -0.3 is 0 Å². The van der Waals surface area contributed by atoms with Gasteiger partial charge in [0.15, 0.2) is 5.15 Å². The summed E-state index contributed by atoms with van der Waals surface area (Å²) in [4.78, 5) is 0. The number of aryl methyl sites for hydroxylation is 1. The Bertz CT molecular complexity index is 169. The summed E-state index contributed by atoms with van der Waals surface area (Å²) in [5, 5.41) is 7.64. The molecule has 0 aliphatic heterocycles. The van der Waals surface area contributed by atoms with E-state index in [1.807, 2.05) is 13.0 Å². The average molecular weight is 165 g/mol. The van der Waals surface area contributed by atoms with E-state index >= 15 is 0 Å². The van der Waals surface area contributed by atoms with Gasteiger partial charge in [0, 0.05) is 6.20 Å². The van der Waals surface area contributed by atoms with Gasteiger partial charge in [0.1, 0.15) is 0 Å². The number of hydrogen-bond donors (Lipinski definition) is 0. The summed E-state index contributed by atoms with van der Waals surface area (Å²) in [7, 11) is 0. The van der Waals surface area contributed by atoms with E-state index in [1.165, 1.54) is 0 Å². The molecule has 2 nitrogen and oxygen atoms in total. The van der Waals surface area contributed by atoms with Crippen molar-refractivity contribution in [3.63, 3.8) is 0 Å². The Morgan fingerprint density at radius 2 is 2.22 bits per heavy atom. The van der Waals surface area contributed by atoms with Crippen LogP contribution in [-0.4, -0.2) is 10.2 Å². The van der Waals surface area contributed by atoms with Crippen LogP contribution in [0.5, 0.6) is 0 Å². The molecule has 1 heterocycles. The fourth-order valence-electron chi connectivity index (χ4n) is 0.377. The predicted octanol–water partition coefficient (Wildman–Crippen LogP) is 1.86. The minimum absolute atomic E-state index is 0. The molecule has 1 aromatic heterocycles. The van der Waals surface area contributed by atoms with Crippen molar-refractivity contribution in [1.82, 2.24) is 10.2 Å². The number of nitrogens with zero attached hydrogens (tertiary/aromatic N) is 2. The minimum atomic E-state index is 0. The summed E-state index contributed by atoms with van der Waals surface area (Å²) in [6, 6.07) is 1.81. The summed E-state index contributed by atoms with van der Waals surface area (Å²) in [6.07, 6.45) is 1.61. The lowest BCUT2D eigenvalue weighted by Crippen LogP contribution is -1.81. The van der Waals surface area contributed by atoms with Gasteiger partial charge in [0.25, 0.3) is 0 Å². The first kappa shape index (κ1) is 8.66. The van der Waals surface area contributed by atoms with Crippen molar-refractivity contribution in [1.29, 1.82) is 0 Å². The molecule has 0 N–H and O–H groups in total. The lowest BCUT2D eigenvalue weighted by atomic mass is 10.4. The van der Waals surface area contributed by atoms with E-state index in [2.05, 4.69) is 10.2 Å². The lowest BCUT2D eigenvalue weighted by Gasteiger charge is -1.88. The Morgan fingerprint density at radius 3 is 2.56 bits per heavy atom. The highest BCUT2D eigenvalue weighted by Gasteiger charge is 1.89. The molecule has 0 saturated heterocycles. The van der Waals surface area contributed by atoms with Crippen molar-refractivity contribution in [2.75, 3.05) is 0 Å². The molecule has 0 aromatic carbocycles. The van der Waals surface area contributed by atoms with Crippen molar-refractivity contribution in [3.05, 3.63) is 23.0 Å². The molecule has 0 aliphatic carbocycles. The van der Waals surface area contributed by atoms with E-state index in [0.29, 0.717) is 5.15 Å². The zero-order valence-electron chi connectivity index (χ0n) is 4.84. The predicted molar refractivity (Wildman–Crippen MR) is 39.0 cm³/mol. The van der Waals surface area contributed by atoms with Crippen LogP contribution < -0.4 is 0 Å². The van der Waals surface area contributed by atoms with E-state index in [9.17, 15) is 0 Å². The van der Waals surface area contributed by atoms with Gasteiger partial charge in [-0.25, -0.2) is 0 Å². The van der Waals surface area contributed by atoms with Crippen LogP contribution in [0.25, 0.3) is 0 Å². The summed E-state index contributed by atoms with van der Waals surface area (Å²) in [5.41, 5.74) is 0.960. The molecule has 50 valence electrons. The van der Waals surface area contributed by atoms with E-state index in [1.54, 1.807) is 6.20 Å². The minimum Gasteiger partial charge on any atom is -0.158 e. The van der Waals surface area contributed by atoms with Crippen molar-refractivity contribution in [3.8, 4) is 0 Å². The molecule has 0 atom stereocenters. The first-order valence-electron chi connectivity index (χ1n) is 2.24.